The van der Waals surface area contributed by atoms with Crippen LogP contribution in [0.3, 0.4) is 0 Å². The van der Waals surface area contributed by atoms with Crippen molar-refractivity contribution in [3.63, 3.8) is 0 Å². The van der Waals surface area contributed by atoms with E-state index in [9.17, 15) is 14.0 Å². The van der Waals surface area contributed by atoms with Crippen molar-refractivity contribution in [1.82, 2.24) is 15.0 Å². The van der Waals surface area contributed by atoms with Crippen LogP contribution < -0.4 is 20.2 Å². The lowest BCUT2D eigenvalue weighted by Gasteiger charge is -2.13. The van der Waals surface area contributed by atoms with Gasteiger partial charge in [-0.3, -0.25) is 14.6 Å². The van der Waals surface area contributed by atoms with Gasteiger partial charge in [0.15, 0.2) is 5.75 Å². The number of methoxy groups -OCH3 is 1. The highest BCUT2D eigenvalue weighted by molar-refractivity contribution is 6.05. The number of amides is 1. The lowest BCUT2D eigenvalue weighted by atomic mass is 9.99. The molecule has 0 spiro atoms. The van der Waals surface area contributed by atoms with Crippen LogP contribution in [0.25, 0.3) is 22.2 Å². The van der Waals surface area contributed by atoms with Crippen LogP contribution in [0.1, 0.15) is 21.7 Å². The SMILES string of the molecule is COc1cnc2c(Oc3ccc(NC(=O)c4c(C)[nH]c(C)c(-c5ccc(F)cc5)c4=O)cc3)ccnc2c1. The van der Waals surface area contributed by atoms with Gasteiger partial charge in [0.25, 0.3) is 5.91 Å². The molecular formula is C29H23FN4O4. The van der Waals surface area contributed by atoms with Gasteiger partial charge in [0.2, 0.25) is 5.43 Å². The van der Waals surface area contributed by atoms with Crippen LogP contribution >= 0.6 is 0 Å². The van der Waals surface area contributed by atoms with Crippen LogP contribution in [0.4, 0.5) is 10.1 Å². The first kappa shape index (κ1) is 24.6. The molecule has 0 radical (unpaired) electrons. The number of halogens is 1. The lowest BCUT2D eigenvalue weighted by molar-refractivity contribution is 0.102. The number of carbonyl (C=O) groups excluding carboxylic acids is 1. The van der Waals surface area contributed by atoms with E-state index in [4.69, 9.17) is 9.47 Å². The molecular weight excluding hydrogens is 487 g/mol. The molecule has 5 rings (SSSR count). The van der Waals surface area contributed by atoms with Crippen molar-refractivity contribution >= 4 is 22.6 Å². The first-order chi connectivity index (χ1) is 18.3. The van der Waals surface area contributed by atoms with Crippen molar-refractivity contribution in [1.29, 1.82) is 0 Å². The van der Waals surface area contributed by atoms with Crippen molar-refractivity contribution in [2.45, 2.75) is 13.8 Å². The number of nitrogens with zero attached hydrogens (tertiary/aromatic N) is 2. The molecule has 2 aromatic carbocycles. The van der Waals surface area contributed by atoms with Crippen LogP contribution in [0.15, 0.2) is 77.9 Å². The van der Waals surface area contributed by atoms with E-state index in [0.29, 0.717) is 56.5 Å². The van der Waals surface area contributed by atoms with Gasteiger partial charge in [-0.2, -0.15) is 0 Å². The van der Waals surface area contributed by atoms with Crippen molar-refractivity contribution in [2.75, 3.05) is 12.4 Å². The number of aromatic amines is 1. The van der Waals surface area contributed by atoms with Gasteiger partial charge in [-0.05, 0) is 55.8 Å². The largest absolute Gasteiger partial charge is 0.495 e. The number of rotatable bonds is 6. The summed E-state index contributed by atoms with van der Waals surface area (Å²) in [6.45, 7) is 3.41. The van der Waals surface area contributed by atoms with Crippen LogP contribution in [0.5, 0.6) is 17.2 Å². The second kappa shape index (κ2) is 10.1. The Morgan fingerprint density at radius 2 is 1.68 bits per heavy atom. The van der Waals surface area contributed by atoms with Crippen LogP contribution in [-0.2, 0) is 0 Å². The van der Waals surface area contributed by atoms with Crippen LogP contribution in [0.2, 0.25) is 0 Å². The Kier molecular flexibility index (Phi) is 6.57. The van der Waals surface area contributed by atoms with Crippen molar-refractivity contribution in [3.05, 3.63) is 106 Å². The smallest absolute Gasteiger partial charge is 0.261 e. The maximum atomic E-state index is 13.4. The fourth-order valence-corrected chi connectivity index (χ4v) is 4.22. The summed E-state index contributed by atoms with van der Waals surface area (Å²) in [5, 5.41) is 2.77. The number of fused-ring (bicyclic) bond motifs is 1. The highest BCUT2D eigenvalue weighted by Crippen LogP contribution is 2.29. The van der Waals surface area contributed by atoms with Gasteiger partial charge in [-0.15, -0.1) is 0 Å². The number of hydrogen-bond donors (Lipinski definition) is 2. The van der Waals surface area contributed by atoms with Crippen LogP contribution in [-0.4, -0.2) is 28.0 Å². The number of pyridine rings is 3. The fraction of sp³-hybridized carbons (Fsp3) is 0.103. The Labute approximate surface area is 217 Å². The topological polar surface area (TPSA) is 106 Å². The summed E-state index contributed by atoms with van der Waals surface area (Å²) in [5.74, 6) is 0.670. The molecule has 0 aliphatic rings. The van der Waals surface area contributed by atoms with E-state index in [2.05, 4.69) is 20.3 Å². The average Bonchev–Trinajstić information content (AvgIpc) is 2.90. The number of H-pyrrole nitrogens is 1. The average molecular weight is 511 g/mol. The molecule has 3 heterocycles. The summed E-state index contributed by atoms with van der Waals surface area (Å²) in [5.41, 5.74) is 3.11. The minimum Gasteiger partial charge on any atom is -0.495 e. The van der Waals surface area contributed by atoms with E-state index in [1.165, 1.54) is 24.3 Å². The number of ether oxygens (including phenoxy) is 2. The van der Waals surface area contributed by atoms with E-state index < -0.39 is 17.2 Å². The standard InChI is InChI=1S/C29H23FN4O4/c1-16-25(18-4-6-19(30)7-5-18)28(35)26(17(2)33-16)29(36)34-20-8-10-21(11-9-20)38-24-12-13-31-23-14-22(37-3)15-32-27(23)24/h4-15H,1-3H3,(H,33,35)(H,34,36). The molecule has 190 valence electrons. The molecule has 5 aromatic rings. The first-order valence-electron chi connectivity index (χ1n) is 11.7. The molecule has 0 fully saturated rings. The fourth-order valence-electron chi connectivity index (χ4n) is 4.22. The number of carbonyl (C=O) groups is 1. The minimum atomic E-state index is -0.556. The van der Waals surface area contributed by atoms with E-state index in [-0.39, 0.29) is 5.56 Å². The van der Waals surface area contributed by atoms with E-state index in [1.54, 1.807) is 69.7 Å². The Morgan fingerprint density at radius 3 is 2.39 bits per heavy atom. The maximum absolute atomic E-state index is 13.4. The molecule has 0 saturated carbocycles. The molecule has 38 heavy (non-hydrogen) atoms. The zero-order valence-electron chi connectivity index (χ0n) is 20.8. The molecule has 0 aliphatic carbocycles. The molecule has 8 nitrogen and oxygen atoms in total. The molecule has 0 bridgehead atoms. The first-order valence-corrected chi connectivity index (χ1v) is 11.7. The summed E-state index contributed by atoms with van der Waals surface area (Å²) in [4.78, 5) is 38.2. The Morgan fingerprint density at radius 1 is 0.947 bits per heavy atom. The summed E-state index contributed by atoms with van der Waals surface area (Å²) < 4.78 is 24.6. The van der Waals surface area contributed by atoms with Crippen molar-refractivity contribution < 1.29 is 18.7 Å². The summed E-state index contributed by atoms with van der Waals surface area (Å²) >= 11 is 0. The van der Waals surface area contributed by atoms with Gasteiger partial charge in [-0.25, -0.2) is 9.37 Å². The number of aromatic nitrogens is 3. The highest BCUT2D eigenvalue weighted by Gasteiger charge is 2.20. The highest BCUT2D eigenvalue weighted by atomic mass is 19.1. The molecule has 0 unspecified atom stereocenters. The lowest BCUT2D eigenvalue weighted by Crippen LogP contribution is -2.26. The van der Waals surface area contributed by atoms with E-state index in [0.717, 1.165) is 0 Å². The molecule has 3 aromatic heterocycles. The third-order valence-corrected chi connectivity index (χ3v) is 6.03. The third-order valence-electron chi connectivity index (χ3n) is 6.03. The second-order valence-electron chi connectivity index (χ2n) is 8.59. The monoisotopic (exact) mass is 510 g/mol. The van der Waals surface area contributed by atoms with Crippen LogP contribution in [0, 0.1) is 19.7 Å². The number of hydrogen-bond acceptors (Lipinski definition) is 6. The number of anilines is 1. The van der Waals surface area contributed by atoms with Gasteiger partial charge >= 0.3 is 0 Å². The molecule has 0 saturated heterocycles. The van der Waals surface area contributed by atoms with Gasteiger partial charge in [0.1, 0.15) is 28.4 Å². The minimum absolute atomic E-state index is 0.0139. The Bertz CT molecular complexity index is 1710. The molecule has 1 amide bonds. The predicted octanol–water partition coefficient (Wildman–Crippen LogP) is 5.79. The number of aryl methyl sites for hydroxylation is 2. The molecule has 0 atom stereocenters. The number of benzene rings is 2. The Hall–Kier alpha value is -5.05. The molecule has 0 aliphatic heterocycles. The normalized spacial score (nSPS) is 10.8. The summed E-state index contributed by atoms with van der Waals surface area (Å²) in [6, 6.07) is 15.8. The van der Waals surface area contributed by atoms with Gasteiger partial charge < -0.3 is 19.8 Å². The molecule has 9 heteroatoms. The summed E-state index contributed by atoms with van der Waals surface area (Å²) in [6.07, 6.45) is 3.21. The van der Waals surface area contributed by atoms with Gasteiger partial charge in [0.05, 0.1) is 18.8 Å². The van der Waals surface area contributed by atoms with Crippen molar-refractivity contribution in [2.24, 2.45) is 0 Å². The maximum Gasteiger partial charge on any atom is 0.261 e. The zero-order valence-corrected chi connectivity index (χ0v) is 20.8. The summed E-state index contributed by atoms with van der Waals surface area (Å²) in [7, 11) is 1.56. The zero-order chi connectivity index (χ0) is 26.8. The van der Waals surface area contributed by atoms with Gasteiger partial charge in [0, 0.05) is 41.0 Å². The number of nitrogens with one attached hydrogen (secondary N) is 2. The third kappa shape index (κ3) is 4.81. The van der Waals surface area contributed by atoms with Crippen molar-refractivity contribution in [3.8, 4) is 28.4 Å². The second-order valence-corrected chi connectivity index (χ2v) is 8.59. The van der Waals surface area contributed by atoms with E-state index in [1.807, 2.05) is 0 Å². The molecule has 2 N–H and O–H groups in total. The van der Waals surface area contributed by atoms with E-state index >= 15 is 0 Å². The Balaban J connectivity index is 1.37. The predicted molar refractivity (Wildman–Crippen MR) is 142 cm³/mol. The van der Waals surface area contributed by atoms with Gasteiger partial charge in [-0.1, -0.05) is 12.1 Å². The quantitative estimate of drug-likeness (QED) is 0.299.